The molecule has 0 aliphatic heterocycles. The first-order chi connectivity index (χ1) is 7.77. The van der Waals surface area contributed by atoms with Gasteiger partial charge in [-0.2, -0.15) is 0 Å². The van der Waals surface area contributed by atoms with E-state index in [-0.39, 0.29) is 12.4 Å². The van der Waals surface area contributed by atoms with E-state index in [0.717, 1.165) is 0 Å². The van der Waals surface area contributed by atoms with Crippen LogP contribution in [-0.2, 0) is 6.42 Å². The van der Waals surface area contributed by atoms with E-state index in [2.05, 4.69) is 55.4 Å². The Morgan fingerprint density at radius 1 is 1.18 bits per heavy atom. The van der Waals surface area contributed by atoms with Crippen LogP contribution in [0.25, 0.3) is 0 Å². The molecule has 0 N–H and O–H groups in total. The van der Waals surface area contributed by atoms with Gasteiger partial charge in [0.25, 0.3) is 0 Å². The van der Waals surface area contributed by atoms with E-state index in [1.165, 1.54) is 12.8 Å². The van der Waals surface area contributed by atoms with Crippen LogP contribution in [0.5, 0.6) is 0 Å². The van der Waals surface area contributed by atoms with Crippen LogP contribution >= 0.6 is 12.4 Å². The standard InChI is InChI=1S/C15H19N.ClH/c1-16(2)15-12-7-5-9-14(15)13-8-4-3-6-11(13)10-12;/h3-8,12,14-15H,9-10H2,1-2H3;1H/t12-,14+,15-;/m0./s1. The molecule has 0 saturated heterocycles. The highest BCUT2D eigenvalue weighted by molar-refractivity contribution is 5.85. The SMILES string of the molecule is CN(C)[C@@H]1[C@@H]2CC=C[C@H]1Cc1ccccc12.Cl. The summed E-state index contributed by atoms with van der Waals surface area (Å²) in [6.45, 7) is 0. The number of allylic oxidation sites excluding steroid dienone is 1. The summed E-state index contributed by atoms with van der Waals surface area (Å²) in [7, 11) is 4.44. The summed E-state index contributed by atoms with van der Waals surface area (Å²) < 4.78 is 0. The molecule has 0 spiro atoms. The number of benzene rings is 1. The monoisotopic (exact) mass is 249 g/mol. The second-order valence-electron chi connectivity index (χ2n) is 5.29. The molecule has 3 rings (SSSR count). The fourth-order valence-electron chi connectivity index (χ4n) is 3.53. The predicted octanol–water partition coefficient (Wildman–Crippen LogP) is 3.25. The summed E-state index contributed by atoms with van der Waals surface area (Å²) in [5.41, 5.74) is 3.15. The van der Waals surface area contributed by atoms with Gasteiger partial charge in [-0.25, -0.2) is 0 Å². The number of likely N-dealkylation sites (N-methyl/N-ethyl adjacent to an activating group) is 1. The summed E-state index contributed by atoms with van der Waals surface area (Å²) in [5, 5.41) is 0. The number of hydrogen-bond acceptors (Lipinski definition) is 1. The lowest BCUT2D eigenvalue weighted by Gasteiger charge is -2.44. The lowest BCUT2D eigenvalue weighted by Crippen LogP contribution is -2.45. The van der Waals surface area contributed by atoms with E-state index in [1.807, 2.05) is 0 Å². The van der Waals surface area contributed by atoms with Crippen molar-refractivity contribution in [3.05, 3.63) is 47.5 Å². The van der Waals surface area contributed by atoms with E-state index in [4.69, 9.17) is 0 Å². The molecular weight excluding hydrogens is 230 g/mol. The molecule has 2 aliphatic rings. The topological polar surface area (TPSA) is 3.24 Å². The molecule has 1 aromatic rings. The van der Waals surface area contributed by atoms with Crippen molar-refractivity contribution in [1.82, 2.24) is 4.90 Å². The Bertz CT molecular complexity index is 425. The minimum Gasteiger partial charge on any atom is -0.305 e. The third kappa shape index (κ3) is 2.02. The Balaban J connectivity index is 0.00000108. The average molecular weight is 250 g/mol. The highest BCUT2D eigenvalue weighted by Gasteiger charge is 2.37. The summed E-state index contributed by atoms with van der Waals surface area (Å²) in [6, 6.07) is 9.69. The van der Waals surface area contributed by atoms with Crippen molar-refractivity contribution in [2.75, 3.05) is 14.1 Å². The molecule has 0 radical (unpaired) electrons. The molecule has 3 atom stereocenters. The summed E-state index contributed by atoms with van der Waals surface area (Å²) in [4.78, 5) is 2.41. The van der Waals surface area contributed by atoms with Crippen LogP contribution in [0, 0.1) is 5.92 Å². The van der Waals surface area contributed by atoms with Gasteiger partial charge in [-0.05, 0) is 44.0 Å². The second kappa shape index (κ2) is 4.83. The molecular formula is C15H20ClN. The third-order valence-electron chi connectivity index (χ3n) is 4.13. The van der Waals surface area contributed by atoms with E-state index in [1.54, 1.807) is 11.1 Å². The number of nitrogens with zero attached hydrogens (tertiary/aromatic N) is 1. The van der Waals surface area contributed by atoms with Crippen LogP contribution in [0.3, 0.4) is 0 Å². The van der Waals surface area contributed by atoms with Crippen molar-refractivity contribution in [1.29, 1.82) is 0 Å². The van der Waals surface area contributed by atoms with Crippen LogP contribution in [0.1, 0.15) is 23.5 Å². The number of halogens is 1. The Morgan fingerprint density at radius 3 is 2.71 bits per heavy atom. The molecule has 0 amide bonds. The predicted molar refractivity (Wildman–Crippen MR) is 74.9 cm³/mol. The smallest absolute Gasteiger partial charge is 0.0227 e. The van der Waals surface area contributed by atoms with Gasteiger partial charge in [-0.15, -0.1) is 12.4 Å². The fourth-order valence-corrected chi connectivity index (χ4v) is 3.53. The van der Waals surface area contributed by atoms with Crippen LogP contribution in [0.4, 0.5) is 0 Å². The lowest BCUT2D eigenvalue weighted by molar-refractivity contribution is 0.180. The Labute approximate surface area is 110 Å². The maximum Gasteiger partial charge on any atom is 0.0227 e. The van der Waals surface area contributed by atoms with Gasteiger partial charge < -0.3 is 4.90 Å². The van der Waals surface area contributed by atoms with E-state index < -0.39 is 0 Å². The first-order valence-corrected chi connectivity index (χ1v) is 6.18. The molecule has 0 saturated carbocycles. The normalized spacial score (nSPS) is 29.7. The van der Waals surface area contributed by atoms with Crippen molar-refractivity contribution >= 4 is 12.4 Å². The molecule has 17 heavy (non-hydrogen) atoms. The summed E-state index contributed by atoms with van der Waals surface area (Å²) in [6.07, 6.45) is 7.23. The quantitative estimate of drug-likeness (QED) is 0.691. The number of rotatable bonds is 1. The van der Waals surface area contributed by atoms with Gasteiger partial charge in [-0.3, -0.25) is 0 Å². The van der Waals surface area contributed by atoms with Crippen molar-refractivity contribution in [2.24, 2.45) is 5.92 Å². The molecule has 92 valence electrons. The molecule has 1 nitrogen and oxygen atoms in total. The zero-order chi connectivity index (χ0) is 11.1. The molecule has 2 aliphatic carbocycles. The molecule has 0 aromatic heterocycles. The fraction of sp³-hybridized carbons (Fsp3) is 0.467. The van der Waals surface area contributed by atoms with Gasteiger partial charge in [0, 0.05) is 12.0 Å². The van der Waals surface area contributed by atoms with Crippen molar-refractivity contribution in [3.8, 4) is 0 Å². The maximum atomic E-state index is 2.43. The number of hydrogen-bond donors (Lipinski definition) is 0. The Kier molecular flexibility index (Phi) is 3.60. The van der Waals surface area contributed by atoms with Crippen LogP contribution in [-0.4, -0.2) is 25.0 Å². The van der Waals surface area contributed by atoms with Gasteiger partial charge in [0.05, 0.1) is 0 Å². The molecule has 0 fully saturated rings. The minimum atomic E-state index is 0. The first kappa shape index (κ1) is 12.7. The third-order valence-corrected chi connectivity index (χ3v) is 4.13. The van der Waals surface area contributed by atoms with E-state index >= 15 is 0 Å². The maximum absolute atomic E-state index is 2.43. The van der Waals surface area contributed by atoms with Crippen molar-refractivity contribution in [3.63, 3.8) is 0 Å². The Morgan fingerprint density at radius 2 is 1.94 bits per heavy atom. The van der Waals surface area contributed by atoms with Crippen LogP contribution < -0.4 is 0 Å². The molecule has 1 aromatic carbocycles. The van der Waals surface area contributed by atoms with Crippen LogP contribution in [0.15, 0.2) is 36.4 Å². The highest BCUT2D eigenvalue weighted by atomic mass is 35.5. The molecule has 2 bridgehead atoms. The van der Waals surface area contributed by atoms with Crippen LogP contribution in [0.2, 0.25) is 0 Å². The van der Waals surface area contributed by atoms with Gasteiger partial charge >= 0.3 is 0 Å². The lowest BCUT2D eigenvalue weighted by atomic mass is 9.68. The van der Waals surface area contributed by atoms with Gasteiger partial charge in [-0.1, -0.05) is 36.4 Å². The molecule has 2 heteroatoms. The summed E-state index contributed by atoms with van der Waals surface area (Å²) >= 11 is 0. The first-order valence-electron chi connectivity index (χ1n) is 6.18. The van der Waals surface area contributed by atoms with Gasteiger partial charge in [0.15, 0.2) is 0 Å². The van der Waals surface area contributed by atoms with Crippen molar-refractivity contribution in [2.45, 2.75) is 24.8 Å². The molecule has 0 unspecified atom stereocenters. The second-order valence-corrected chi connectivity index (χ2v) is 5.29. The highest BCUT2D eigenvalue weighted by Crippen LogP contribution is 2.42. The largest absolute Gasteiger partial charge is 0.305 e. The van der Waals surface area contributed by atoms with Gasteiger partial charge in [0.1, 0.15) is 0 Å². The van der Waals surface area contributed by atoms with Gasteiger partial charge in [0.2, 0.25) is 0 Å². The zero-order valence-electron chi connectivity index (χ0n) is 10.5. The van der Waals surface area contributed by atoms with E-state index in [0.29, 0.717) is 17.9 Å². The Hall–Kier alpha value is -0.790. The molecule has 0 heterocycles. The zero-order valence-corrected chi connectivity index (χ0v) is 11.3. The number of fused-ring (bicyclic) bond motifs is 4. The minimum absolute atomic E-state index is 0. The van der Waals surface area contributed by atoms with Crippen molar-refractivity contribution < 1.29 is 0 Å². The van der Waals surface area contributed by atoms with E-state index in [9.17, 15) is 0 Å². The summed E-state index contributed by atoms with van der Waals surface area (Å²) in [5.74, 6) is 1.42. The average Bonchev–Trinajstić information content (AvgIpc) is 2.28.